The Bertz CT molecular complexity index is 1500. The van der Waals surface area contributed by atoms with Gasteiger partial charge in [-0.15, -0.1) is 0 Å². The fourth-order valence-corrected chi connectivity index (χ4v) is 4.60. The predicted octanol–water partition coefficient (Wildman–Crippen LogP) is 5.96. The molecule has 4 aromatic rings. The number of benzene rings is 2. The van der Waals surface area contributed by atoms with Gasteiger partial charge in [0.25, 0.3) is 0 Å². The lowest BCUT2D eigenvalue weighted by atomic mass is 9.98. The Balaban J connectivity index is 1.54. The number of hydrogen-bond donors (Lipinski definition) is 1. The first-order valence-corrected chi connectivity index (χ1v) is 12.6. The second-order valence-corrected chi connectivity index (χ2v) is 9.53. The molecule has 2 aromatic carbocycles. The Hall–Kier alpha value is -4.54. The van der Waals surface area contributed by atoms with Gasteiger partial charge in [-0.2, -0.15) is 13.2 Å². The summed E-state index contributed by atoms with van der Waals surface area (Å²) in [7, 11) is 0. The van der Waals surface area contributed by atoms with Gasteiger partial charge in [-0.05, 0) is 36.8 Å². The number of pyridine rings is 1. The average molecular weight is 551 g/mol. The lowest BCUT2D eigenvalue weighted by Gasteiger charge is -2.37. The van der Waals surface area contributed by atoms with Crippen LogP contribution in [-0.4, -0.2) is 47.0 Å². The Morgan fingerprint density at radius 2 is 1.48 bits per heavy atom. The molecule has 1 fully saturated rings. The molecule has 1 N–H and O–H groups in total. The zero-order chi connectivity index (χ0) is 28.4. The number of nitrogens with zero attached hydrogens (tertiary/aromatic N) is 5. The van der Waals surface area contributed by atoms with Crippen LogP contribution in [0.2, 0.25) is 0 Å². The molecule has 0 atom stereocenters. The highest BCUT2D eigenvalue weighted by atomic mass is 19.4. The summed E-state index contributed by atoms with van der Waals surface area (Å²) in [5, 5.41) is 2.67. The van der Waals surface area contributed by atoms with Crippen molar-refractivity contribution in [1.82, 2.24) is 15.0 Å². The van der Waals surface area contributed by atoms with Crippen LogP contribution in [0.3, 0.4) is 0 Å². The zero-order valence-electron chi connectivity index (χ0n) is 21.8. The van der Waals surface area contributed by atoms with Crippen molar-refractivity contribution in [2.24, 2.45) is 0 Å². The van der Waals surface area contributed by atoms with E-state index in [0.717, 1.165) is 5.56 Å². The van der Waals surface area contributed by atoms with E-state index in [1.165, 1.54) is 31.2 Å². The fourth-order valence-electron chi connectivity index (χ4n) is 4.60. The normalized spacial score (nSPS) is 13.8. The van der Waals surface area contributed by atoms with Gasteiger partial charge in [0.05, 0.1) is 23.1 Å². The topological polar surface area (TPSA) is 74.2 Å². The number of anilines is 3. The standard InChI is InChI=1S/C29H26F4N6O/c1-18-3-5-21(6-4-18)26-25(20-7-9-22(30)10-8-20)27(37-28(36-26)29(31,32)33)39-15-13-38(14-16-39)24-12-11-23(17-34-24)35-19(2)40/h3-12,17H,13-16H2,1-2H3,(H,35,40). The van der Waals surface area contributed by atoms with E-state index in [1.807, 2.05) is 24.0 Å². The lowest BCUT2D eigenvalue weighted by molar-refractivity contribution is -0.144. The van der Waals surface area contributed by atoms with Crippen molar-refractivity contribution in [1.29, 1.82) is 0 Å². The number of alkyl halides is 3. The highest BCUT2D eigenvalue weighted by Crippen LogP contribution is 2.41. The summed E-state index contributed by atoms with van der Waals surface area (Å²) >= 11 is 0. The van der Waals surface area contributed by atoms with E-state index >= 15 is 0 Å². The maximum absolute atomic E-state index is 14.0. The molecule has 7 nitrogen and oxygen atoms in total. The minimum atomic E-state index is -4.77. The van der Waals surface area contributed by atoms with Crippen LogP contribution in [0.4, 0.5) is 34.9 Å². The minimum Gasteiger partial charge on any atom is -0.353 e. The quantitative estimate of drug-likeness (QED) is 0.309. The van der Waals surface area contributed by atoms with E-state index in [9.17, 15) is 22.4 Å². The van der Waals surface area contributed by atoms with Crippen molar-refractivity contribution >= 4 is 23.2 Å². The highest BCUT2D eigenvalue weighted by molar-refractivity contribution is 5.89. The molecule has 0 unspecified atom stereocenters. The lowest BCUT2D eigenvalue weighted by Crippen LogP contribution is -2.47. The van der Waals surface area contributed by atoms with E-state index in [4.69, 9.17) is 0 Å². The molecule has 0 spiro atoms. The molecule has 2 aromatic heterocycles. The number of carbonyl (C=O) groups is 1. The van der Waals surface area contributed by atoms with Crippen molar-refractivity contribution in [3.8, 4) is 22.4 Å². The highest BCUT2D eigenvalue weighted by Gasteiger charge is 2.38. The molecule has 206 valence electrons. The van der Waals surface area contributed by atoms with Crippen LogP contribution < -0.4 is 15.1 Å². The number of hydrogen-bond acceptors (Lipinski definition) is 6. The smallest absolute Gasteiger partial charge is 0.353 e. The number of rotatable bonds is 5. The van der Waals surface area contributed by atoms with Crippen LogP contribution >= 0.6 is 0 Å². The number of halogens is 4. The number of nitrogens with one attached hydrogen (secondary N) is 1. The Labute approximate surface area is 228 Å². The summed E-state index contributed by atoms with van der Waals surface area (Å²) in [5.74, 6) is -1.07. The summed E-state index contributed by atoms with van der Waals surface area (Å²) < 4.78 is 55.9. The molecule has 1 aliphatic rings. The van der Waals surface area contributed by atoms with Gasteiger partial charge in [0.2, 0.25) is 11.7 Å². The van der Waals surface area contributed by atoms with Gasteiger partial charge in [-0.3, -0.25) is 4.79 Å². The van der Waals surface area contributed by atoms with Gasteiger partial charge < -0.3 is 15.1 Å². The maximum Gasteiger partial charge on any atom is 0.451 e. The second kappa shape index (κ2) is 10.9. The molecule has 40 heavy (non-hydrogen) atoms. The van der Waals surface area contributed by atoms with E-state index in [1.54, 1.807) is 35.4 Å². The average Bonchev–Trinajstić information content (AvgIpc) is 2.93. The molecule has 1 aliphatic heterocycles. The first-order chi connectivity index (χ1) is 19.1. The third-order valence-corrected chi connectivity index (χ3v) is 6.57. The number of amides is 1. The van der Waals surface area contributed by atoms with Gasteiger partial charge in [-0.1, -0.05) is 42.0 Å². The summed E-state index contributed by atoms with van der Waals surface area (Å²) in [6.45, 7) is 4.98. The van der Waals surface area contributed by atoms with Gasteiger partial charge in [-0.25, -0.2) is 19.3 Å². The third kappa shape index (κ3) is 5.88. The zero-order valence-corrected chi connectivity index (χ0v) is 21.8. The first-order valence-electron chi connectivity index (χ1n) is 12.6. The van der Waals surface area contributed by atoms with Crippen molar-refractivity contribution in [2.45, 2.75) is 20.0 Å². The van der Waals surface area contributed by atoms with E-state index in [0.29, 0.717) is 54.4 Å². The largest absolute Gasteiger partial charge is 0.451 e. The molecule has 3 heterocycles. The minimum absolute atomic E-state index is 0.126. The van der Waals surface area contributed by atoms with Gasteiger partial charge in [0.1, 0.15) is 17.5 Å². The Morgan fingerprint density at radius 3 is 2.05 bits per heavy atom. The van der Waals surface area contributed by atoms with Crippen LogP contribution in [0.5, 0.6) is 0 Å². The van der Waals surface area contributed by atoms with Crippen LogP contribution in [0.1, 0.15) is 18.3 Å². The molecular weight excluding hydrogens is 524 g/mol. The van der Waals surface area contributed by atoms with E-state index in [2.05, 4.69) is 20.3 Å². The van der Waals surface area contributed by atoms with Crippen molar-refractivity contribution in [3.63, 3.8) is 0 Å². The molecule has 0 radical (unpaired) electrons. The van der Waals surface area contributed by atoms with Crippen LogP contribution in [0.25, 0.3) is 22.4 Å². The van der Waals surface area contributed by atoms with Crippen LogP contribution in [-0.2, 0) is 11.0 Å². The summed E-state index contributed by atoms with van der Waals surface area (Å²) in [6.07, 6.45) is -3.21. The van der Waals surface area contributed by atoms with Crippen LogP contribution in [0.15, 0.2) is 66.9 Å². The van der Waals surface area contributed by atoms with Gasteiger partial charge >= 0.3 is 6.18 Å². The molecule has 1 saturated heterocycles. The summed E-state index contributed by atoms with van der Waals surface area (Å²) in [6, 6.07) is 16.2. The SMILES string of the molecule is CC(=O)Nc1ccc(N2CCN(c3nc(C(F)(F)F)nc(-c4ccc(C)cc4)c3-c3ccc(F)cc3)CC2)nc1. The third-order valence-electron chi connectivity index (χ3n) is 6.57. The number of aromatic nitrogens is 3. The van der Waals surface area contributed by atoms with Crippen molar-refractivity contribution in [3.05, 3.63) is 84.1 Å². The number of carbonyl (C=O) groups excluding carboxylic acids is 1. The second-order valence-electron chi connectivity index (χ2n) is 9.53. The molecule has 0 saturated carbocycles. The predicted molar refractivity (Wildman–Crippen MR) is 146 cm³/mol. The monoisotopic (exact) mass is 550 g/mol. The molecule has 11 heteroatoms. The number of aryl methyl sites for hydroxylation is 1. The summed E-state index contributed by atoms with van der Waals surface area (Å²) in [4.78, 5) is 27.5. The Kier molecular flexibility index (Phi) is 7.38. The first kappa shape index (κ1) is 27.0. The maximum atomic E-state index is 14.0. The summed E-state index contributed by atoms with van der Waals surface area (Å²) in [5.41, 5.74) is 3.07. The molecule has 5 rings (SSSR count). The molecule has 1 amide bonds. The fraction of sp³-hybridized carbons (Fsp3) is 0.241. The van der Waals surface area contributed by atoms with E-state index in [-0.39, 0.29) is 17.4 Å². The number of piperazine rings is 1. The molecule has 0 aliphatic carbocycles. The van der Waals surface area contributed by atoms with Gasteiger partial charge in [0.15, 0.2) is 0 Å². The molecular formula is C29H26F4N6O. The van der Waals surface area contributed by atoms with Crippen molar-refractivity contribution in [2.75, 3.05) is 41.3 Å². The van der Waals surface area contributed by atoms with Crippen LogP contribution in [0, 0.1) is 12.7 Å². The molecule has 0 bridgehead atoms. The van der Waals surface area contributed by atoms with Gasteiger partial charge in [0, 0.05) is 38.7 Å². The van der Waals surface area contributed by atoms with Crippen molar-refractivity contribution < 1.29 is 22.4 Å². The Morgan fingerprint density at radius 1 is 0.850 bits per heavy atom. The van der Waals surface area contributed by atoms with E-state index < -0.39 is 17.8 Å².